The Morgan fingerprint density at radius 3 is 2.57 bits per heavy atom. The van der Waals surface area contributed by atoms with E-state index in [9.17, 15) is 9.59 Å². The fraction of sp³-hybridized carbons (Fsp3) is 0.0476. The standard InChI is InChI=1S/C21H17N3O3S/c1-13-7-9-15(20(26)27)11-17(13)23-19(25)18-12-16(22-21(28)24-18)10-8-14-5-3-2-4-6-14/h2-12H,1H3,(H,23,25)(H,26,27)(H,22,24,28)/b10-8+. The van der Waals surface area contributed by atoms with Crippen LogP contribution in [0.3, 0.4) is 0 Å². The van der Waals surface area contributed by atoms with Crippen molar-refractivity contribution in [2.45, 2.75) is 6.92 Å². The van der Waals surface area contributed by atoms with Gasteiger partial charge in [0.05, 0.1) is 5.56 Å². The van der Waals surface area contributed by atoms with Gasteiger partial charge in [-0.05, 0) is 54.5 Å². The summed E-state index contributed by atoms with van der Waals surface area (Å²) < 4.78 is 0.177. The van der Waals surface area contributed by atoms with Crippen molar-refractivity contribution in [3.63, 3.8) is 0 Å². The highest BCUT2D eigenvalue weighted by atomic mass is 32.1. The maximum atomic E-state index is 12.6. The second kappa shape index (κ2) is 8.41. The number of rotatable bonds is 5. The highest BCUT2D eigenvalue weighted by Gasteiger charge is 2.12. The third-order valence-corrected chi connectivity index (χ3v) is 4.18. The molecular weight excluding hydrogens is 374 g/mol. The molecule has 0 aliphatic heterocycles. The van der Waals surface area contributed by atoms with Crippen LogP contribution in [-0.2, 0) is 0 Å². The summed E-state index contributed by atoms with van der Waals surface area (Å²) in [5.41, 5.74) is 3.01. The van der Waals surface area contributed by atoms with Gasteiger partial charge in [-0.3, -0.25) is 4.79 Å². The lowest BCUT2D eigenvalue weighted by Crippen LogP contribution is -2.15. The number of amides is 1. The Morgan fingerprint density at radius 2 is 1.86 bits per heavy atom. The number of aromatic carboxylic acids is 1. The lowest BCUT2D eigenvalue weighted by Gasteiger charge is -2.09. The summed E-state index contributed by atoms with van der Waals surface area (Å²) in [5.74, 6) is -1.54. The Morgan fingerprint density at radius 1 is 1.11 bits per heavy atom. The number of anilines is 1. The summed E-state index contributed by atoms with van der Waals surface area (Å²) in [5, 5.41) is 11.8. The number of H-pyrrole nitrogens is 1. The number of aromatic nitrogens is 2. The van der Waals surface area contributed by atoms with Crippen molar-refractivity contribution >= 4 is 41.9 Å². The monoisotopic (exact) mass is 391 g/mol. The minimum absolute atomic E-state index is 0.0886. The van der Waals surface area contributed by atoms with Gasteiger partial charge in [0, 0.05) is 11.4 Å². The molecule has 0 fully saturated rings. The van der Waals surface area contributed by atoms with E-state index in [2.05, 4.69) is 15.3 Å². The number of benzene rings is 2. The number of carbonyl (C=O) groups is 2. The number of aryl methyl sites for hydroxylation is 1. The minimum Gasteiger partial charge on any atom is -0.478 e. The van der Waals surface area contributed by atoms with E-state index >= 15 is 0 Å². The molecule has 0 atom stereocenters. The molecular formula is C21H17N3O3S. The molecule has 0 saturated carbocycles. The predicted molar refractivity (Wildman–Crippen MR) is 111 cm³/mol. The largest absolute Gasteiger partial charge is 0.478 e. The Hall–Kier alpha value is -3.58. The van der Waals surface area contributed by atoms with Crippen LogP contribution in [0, 0.1) is 11.7 Å². The van der Waals surface area contributed by atoms with Crippen LogP contribution >= 0.6 is 12.2 Å². The number of carbonyl (C=O) groups excluding carboxylic acids is 1. The molecule has 7 heteroatoms. The number of carboxylic acids is 1. The first-order valence-electron chi connectivity index (χ1n) is 8.42. The van der Waals surface area contributed by atoms with Crippen molar-refractivity contribution in [1.82, 2.24) is 9.97 Å². The summed E-state index contributed by atoms with van der Waals surface area (Å²) >= 11 is 5.12. The topological polar surface area (TPSA) is 95.1 Å². The molecule has 2 aromatic carbocycles. The molecule has 140 valence electrons. The molecule has 3 aromatic rings. The number of carboxylic acid groups (broad SMARTS) is 1. The van der Waals surface area contributed by atoms with Crippen molar-refractivity contribution < 1.29 is 14.7 Å². The van der Waals surface area contributed by atoms with Crippen LogP contribution in [0.2, 0.25) is 0 Å². The van der Waals surface area contributed by atoms with Crippen molar-refractivity contribution in [1.29, 1.82) is 0 Å². The van der Waals surface area contributed by atoms with Crippen LogP contribution in [0.15, 0.2) is 54.6 Å². The zero-order valence-electron chi connectivity index (χ0n) is 15.0. The van der Waals surface area contributed by atoms with Crippen molar-refractivity contribution in [2.24, 2.45) is 0 Å². The maximum Gasteiger partial charge on any atom is 0.335 e. The predicted octanol–water partition coefficient (Wildman–Crippen LogP) is 4.57. The van der Waals surface area contributed by atoms with Gasteiger partial charge in [0.15, 0.2) is 4.77 Å². The number of nitrogens with zero attached hydrogens (tertiary/aromatic N) is 1. The zero-order chi connectivity index (χ0) is 20.1. The van der Waals surface area contributed by atoms with E-state index in [0.29, 0.717) is 11.4 Å². The quantitative estimate of drug-likeness (QED) is 0.554. The fourth-order valence-electron chi connectivity index (χ4n) is 2.51. The van der Waals surface area contributed by atoms with Gasteiger partial charge >= 0.3 is 5.97 Å². The minimum atomic E-state index is -1.07. The molecule has 0 bridgehead atoms. The van der Waals surface area contributed by atoms with Crippen molar-refractivity contribution in [3.8, 4) is 0 Å². The van der Waals surface area contributed by atoms with Gasteiger partial charge in [-0.15, -0.1) is 0 Å². The molecule has 0 spiro atoms. The molecule has 0 unspecified atom stereocenters. The molecule has 28 heavy (non-hydrogen) atoms. The number of hydrogen-bond acceptors (Lipinski definition) is 4. The first-order chi connectivity index (χ1) is 13.4. The Kier molecular flexibility index (Phi) is 5.76. The van der Waals surface area contributed by atoms with E-state index in [4.69, 9.17) is 17.3 Å². The summed E-state index contributed by atoms with van der Waals surface area (Å²) in [6.07, 6.45) is 3.70. The normalized spacial score (nSPS) is 10.8. The Bertz CT molecular complexity index is 1120. The Labute approximate surface area is 166 Å². The van der Waals surface area contributed by atoms with Crippen LogP contribution in [0.25, 0.3) is 12.2 Å². The third-order valence-electron chi connectivity index (χ3n) is 3.99. The average molecular weight is 391 g/mol. The van der Waals surface area contributed by atoms with Crippen molar-refractivity contribution in [3.05, 3.63) is 87.4 Å². The second-order valence-electron chi connectivity index (χ2n) is 6.06. The number of nitrogens with one attached hydrogen (secondary N) is 2. The molecule has 0 saturated heterocycles. The lowest BCUT2D eigenvalue weighted by atomic mass is 10.1. The molecule has 0 radical (unpaired) electrons. The van der Waals surface area contributed by atoms with Crippen LogP contribution < -0.4 is 5.32 Å². The molecule has 1 heterocycles. The smallest absolute Gasteiger partial charge is 0.335 e. The van der Waals surface area contributed by atoms with E-state index in [0.717, 1.165) is 11.1 Å². The number of hydrogen-bond donors (Lipinski definition) is 3. The van der Waals surface area contributed by atoms with Gasteiger partial charge in [0.2, 0.25) is 0 Å². The van der Waals surface area contributed by atoms with E-state index < -0.39 is 11.9 Å². The van der Waals surface area contributed by atoms with E-state index in [1.165, 1.54) is 12.1 Å². The van der Waals surface area contributed by atoms with Gasteiger partial charge in [-0.1, -0.05) is 42.5 Å². The first kappa shape index (κ1) is 19.2. The molecule has 1 amide bonds. The van der Waals surface area contributed by atoms with Gasteiger partial charge in [0.25, 0.3) is 5.91 Å². The molecule has 0 aliphatic rings. The van der Waals surface area contributed by atoms with E-state index in [1.807, 2.05) is 36.4 Å². The highest BCUT2D eigenvalue weighted by Crippen LogP contribution is 2.18. The Balaban J connectivity index is 1.86. The van der Waals surface area contributed by atoms with Crippen molar-refractivity contribution in [2.75, 3.05) is 5.32 Å². The van der Waals surface area contributed by atoms with Gasteiger partial charge in [-0.25, -0.2) is 9.78 Å². The molecule has 0 aliphatic carbocycles. The summed E-state index contributed by atoms with van der Waals surface area (Å²) in [6, 6.07) is 15.8. The molecule has 3 rings (SSSR count). The molecule has 3 N–H and O–H groups in total. The van der Waals surface area contributed by atoms with Crippen LogP contribution in [0.1, 0.15) is 37.7 Å². The van der Waals surface area contributed by atoms with Gasteiger partial charge in [-0.2, -0.15) is 0 Å². The first-order valence-corrected chi connectivity index (χ1v) is 8.83. The summed E-state index contributed by atoms with van der Waals surface area (Å²) in [7, 11) is 0. The van der Waals surface area contributed by atoms with Gasteiger partial charge in [0.1, 0.15) is 5.69 Å². The molecule has 1 aromatic heterocycles. The summed E-state index contributed by atoms with van der Waals surface area (Å²) in [4.78, 5) is 30.8. The zero-order valence-corrected chi connectivity index (χ0v) is 15.8. The van der Waals surface area contributed by atoms with Gasteiger partial charge < -0.3 is 15.4 Å². The second-order valence-corrected chi connectivity index (χ2v) is 6.45. The van der Waals surface area contributed by atoms with E-state index in [1.54, 1.807) is 25.1 Å². The highest BCUT2D eigenvalue weighted by molar-refractivity contribution is 7.71. The maximum absolute atomic E-state index is 12.6. The number of aromatic amines is 1. The average Bonchev–Trinajstić information content (AvgIpc) is 2.68. The molecule has 6 nitrogen and oxygen atoms in total. The van der Waals surface area contributed by atoms with Crippen LogP contribution in [0.4, 0.5) is 5.69 Å². The van der Waals surface area contributed by atoms with Crippen LogP contribution in [-0.4, -0.2) is 27.0 Å². The third kappa shape index (κ3) is 4.77. The SMILES string of the molecule is Cc1ccc(C(=O)O)cc1NC(=O)c1cc(/C=C/c2ccccc2)[nH]c(=S)n1. The fourth-order valence-corrected chi connectivity index (χ4v) is 2.72. The lowest BCUT2D eigenvalue weighted by molar-refractivity contribution is 0.0696. The van der Waals surface area contributed by atoms with E-state index in [-0.39, 0.29) is 16.0 Å². The summed E-state index contributed by atoms with van der Waals surface area (Å²) in [6.45, 7) is 1.78. The van der Waals surface area contributed by atoms with Crippen LogP contribution in [0.5, 0.6) is 0 Å².